The smallest absolute Gasteiger partial charge is 0.243 e. The van der Waals surface area contributed by atoms with E-state index in [-0.39, 0.29) is 18.5 Å². The van der Waals surface area contributed by atoms with Gasteiger partial charge in [-0.25, -0.2) is 4.99 Å². The fourth-order valence-electron chi connectivity index (χ4n) is 3.22. The van der Waals surface area contributed by atoms with Crippen LogP contribution in [0.4, 0.5) is 0 Å². The average Bonchev–Trinajstić information content (AvgIpc) is 2.68. The van der Waals surface area contributed by atoms with E-state index in [1.807, 2.05) is 6.92 Å². The number of hydrogen-bond donors (Lipinski definition) is 2. The van der Waals surface area contributed by atoms with E-state index in [4.69, 9.17) is 4.74 Å². The van der Waals surface area contributed by atoms with Gasteiger partial charge in [0, 0.05) is 52.9 Å². The second-order valence-corrected chi connectivity index (χ2v) is 7.63. The zero-order valence-corrected chi connectivity index (χ0v) is 17.6. The van der Waals surface area contributed by atoms with Crippen molar-refractivity contribution in [1.29, 1.82) is 0 Å². The lowest BCUT2D eigenvalue weighted by atomic mass is 10.0. The average molecular weight is 390 g/mol. The highest BCUT2D eigenvalue weighted by Crippen LogP contribution is 2.13. The number of methoxy groups -OCH3 is 1. The molecule has 0 saturated carbocycles. The maximum Gasteiger partial charge on any atom is 0.243 e. The highest BCUT2D eigenvalue weighted by Gasteiger charge is 2.21. The van der Waals surface area contributed by atoms with E-state index in [2.05, 4.69) is 50.9 Å². The molecule has 7 heteroatoms. The molecule has 1 aliphatic heterocycles. The van der Waals surface area contributed by atoms with Gasteiger partial charge < -0.3 is 20.3 Å². The number of rotatable bonds is 8. The first-order valence-electron chi connectivity index (χ1n) is 10.0. The minimum Gasteiger partial charge on any atom is -0.383 e. The summed E-state index contributed by atoms with van der Waals surface area (Å²) >= 11 is 0. The lowest BCUT2D eigenvalue weighted by Crippen LogP contribution is -2.51. The van der Waals surface area contributed by atoms with Gasteiger partial charge in [-0.2, -0.15) is 0 Å². The molecule has 1 unspecified atom stereocenters. The van der Waals surface area contributed by atoms with Crippen LogP contribution < -0.4 is 10.6 Å². The number of guanidine groups is 1. The molecular weight excluding hydrogens is 354 g/mol. The van der Waals surface area contributed by atoms with Crippen LogP contribution in [-0.4, -0.2) is 81.2 Å². The van der Waals surface area contributed by atoms with Crippen LogP contribution in [0.5, 0.6) is 0 Å². The third-order valence-electron chi connectivity index (χ3n) is 4.85. The summed E-state index contributed by atoms with van der Waals surface area (Å²) < 4.78 is 5.20. The maximum atomic E-state index is 11.9. The van der Waals surface area contributed by atoms with Crippen LogP contribution in [0.2, 0.25) is 0 Å². The van der Waals surface area contributed by atoms with Gasteiger partial charge in [0.05, 0.1) is 6.61 Å². The first-order chi connectivity index (χ1) is 13.5. The minimum absolute atomic E-state index is 0.0156. The highest BCUT2D eigenvalue weighted by atomic mass is 16.5. The molecule has 2 rings (SSSR count). The van der Waals surface area contributed by atoms with Gasteiger partial charge in [0.25, 0.3) is 0 Å². The topological polar surface area (TPSA) is 69.2 Å². The molecule has 0 aromatic heterocycles. The lowest BCUT2D eigenvalue weighted by molar-refractivity contribution is -0.127. The summed E-state index contributed by atoms with van der Waals surface area (Å²) in [5, 5.41) is 6.85. The Morgan fingerprint density at radius 3 is 2.57 bits per heavy atom. The Hall–Kier alpha value is -2.12. The zero-order valence-electron chi connectivity index (χ0n) is 17.6. The van der Waals surface area contributed by atoms with Crippen LogP contribution in [0.25, 0.3) is 0 Å². The predicted molar refractivity (Wildman–Crippen MR) is 113 cm³/mol. The van der Waals surface area contributed by atoms with Gasteiger partial charge in [-0.05, 0) is 25.3 Å². The van der Waals surface area contributed by atoms with Crippen molar-refractivity contribution in [1.82, 2.24) is 20.4 Å². The van der Waals surface area contributed by atoms with Gasteiger partial charge >= 0.3 is 0 Å². The Balaban J connectivity index is 1.87. The molecule has 1 saturated heterocycles. The predicted octanol–water partition coefficient (Wildman–Crippen LogP) is 1.31. The Bertz CT molecular complexity index is 612. The fourth-order valence-corrected chi connectivity index (χ4v) is 3.22. The van der Waals surface area contributed by atoms with Crippen molar-refractivity contribution < 1.29 is 9.53 Å². The van der Waals surface area contributed by atoms with E-state index in [9.17, 15) is 4.79 Å². The molecule has 1 amide bonds. The third-order valence-corrected chi connectivity index (χ3v) is 4.85. The monoisotopic (exact) mass is 389 g/mol. The van der Waals surface area contributed by atoms with Gasteiger partial charge in [-0.1, -0.05) is 30.3 Å². The van der Waals surface area contributed by atoms with E-state index in [0.29, 0.717) is 18.6 Å². The second kappa shape index (κ2) is 11.7. The molecule has 0 radical (unpaired) electrons. The highest BCUT2D eigenvalue weighted by molar-refractivity contribution is 5.85. The van der Waals surface area contributed by atoms with Crippen molar-refractivity contribution in [2.24, 2.45) is 4.99 Å². The Labute approximate surface area is 169 Å². The van der Waals surface area contributed by atoms with E-state index in [1.54, 1.807) is 26.1 Å². The molecule has 0 bridgehead atoms. The molecule has 28 heavy (non-hydrogen) atoms. The van der Waals surface area contributed by atoms with Gasteiger partial charge in [0.15, 0.2) is 5.96 Å². The molecule has 156 valence electrons. The Kier molecular flexibility index (Phi) is 9.23. The second-order valence-electron chi connectivity index (χ2n) is 7.63. The number of carbonyl (C=O) groups is 1. The summed E-state index contributed by atoms with van der Waals surface area (Å²) in [5.74, 6) is 0.666. The fraction of sp³-hybridized carbons (Fsp3) is 0.619. The van der Waals surface area contributed by atoms with Crippen molar-refractivity contribution >= 4 is 11.9 Å². The van der Waals surface area contributed by atoms with E-state index in [0.717, 1.165) is 32.5 Å². The summed E-state index contributed by atoms with van der Waals surface area (Å²) in [6, 6.07) is 11.1. The van der Waals surface area contributed by atoms with Crippen LogP contribution >= 0.6 is 0 Å². The molecule has 1 fully saturated rings. The molecule has 1 aliphatic rings. The summed E-state index contributed by atoms with van der Waals surface area (Å²) in [7, 11) is 5.17. The first-order valence-corrected chi connectivity index (χ1v) is 10.0. The molecule has 1 aromatic rings. The van der Waals surface area contributed by atoms with Crippen molar-refractivity contribution in [3.8, 4) is 0 Å². The lowest BCUT2D eigenvalue weighted by Gasteiger charge is -2.33. The Morgan fingerprint density at radius 1 is 1.29 bits per heavy atom. The number of benzene rings is 1. The maximum absolute atomic E-state index is 11.9. The number of ether oxygens (including phenoxy) is 1. The number of hydrogen-bond acceptors (Lipinski definition) is 4. The van der Waals surface area contributed by atoms with Crippen LogP contribution in [0, 0.1) is 0 Å². The van der Waals surface area contributed by atoms with E-state index in [1.165, 1.54) is 5.56 Å². The molecule has 0 aliphatic carbocycles. The standard InChI is InChI=1S/C21H35N5O2/c1-17(16-28-4)23-21(22-14-20(27)25(2)3)24-19-10-12-26(13-11-19)15-18-8-6-5-7-9-18/h5-9,17,19H,10-16H2,1-4H3,(H2,22,23,24). The summed E-state index contributed by atoms with van der Waals surface area (Å²) in [5.41, 5.74) is 1.36. The summed E-state index contributed by atoms with van der Waals surface area (Å²) in [4.78, 5) is 20.4. The van der Waals surface area contributed by atoms with Crippen LogP contribution in [0.1, 0.15) is 25.3 Å². The van der Waals surface area contributed by atoms with Crippen molar-refractivity contribution in [2.75, 3.05) is 47.4 Å². The minimum atomic E-state index is -0.0156. The summed E-state index contributed by atoms with van der Waals surface area (Å²) in [6.45, 7) is 5.84. The normalized spacial score (nSPS) is 17.2. The van der Waals surface area contributed by atoms with Crippen molar-refractivity contribution in [3.63, 3.8) is 0 Å². The largest absolute Gasteiger partial charge is 0.383 e. The Morgan fingerprint density at radius 2 is 1.96 bits per heavy atom. The number of nitrogens with zero attached hydrogens (tertiary/aromatic N) is 3. The first kappa shape index (κ1) is 22.2. The van der Waals surface area contributed by atoms with E-state index >= 15 is 0 Å². The van der Waals surface area contributed by atoms with Crippen molar-refractivity contribution in [2.45, 2.75) is 38.4 Å². The van der Waals surface area contributed by atoms with Crippen LogP contribution in [0.3, 0.4) is 0 Å². The van der Waals surface area contributed by atoms with Crippen molar-refractivity contribution in [3.05, 3.63) is 35.9 Å². The molecular formula is C21H35N5O2. The molecule has 1 atom stereocenters. The SMILES string of the molecule is COCC(C)NC(=NCC(=O)N(C)C)NC1CCN(Cc2ccccc2)CC1. The molecule has 0 spiro atoms. The number of amides is 1. The number of likely N-dealkylation sites (tertiary alicyclic amines) is 1. The number of carbonyl (C=O) groups excluding carboxylic acids is 1. The molecule has 1 heterocycles. The number of piperidine rings is 1. The molecule has 7 nitrogen and oxygen atoms in total. The zero-order chi connectivity index (χ0) is 20.4. The quantitative estimate of drug-likeness (QED) is 0.518. The number of aliphatic imine (C=N–C) groups is 1. The van der Waals surface area contributed by atoms with E-state index < -0.39 is 0 Å². The van der Waals surface area contributed by atoms with Gasteiger partial charge in [-0.15, -0.1) is 0 Å². The van der Waals surface area contributed by atoms with Gasteiger partial charge in [-0.3, -0.25) is 9.69 Å². The van der Waals surface area contributed by atoms with Crippen LogP contribution in [0.15, 0.2) is 35.3 Å². The number of likely N-dealkylation sites (N-methyl/N-ethyl adjacent to an activating group) is 1. The molecule has 1 aromatic carbocycles. The van der Waals surface area contributed by atoms with Gasteiger partial charge in [0.1, 0.15) is 6.54 Å². The number of nitrogens with one attached hydrogen (secondary N) is 2. The molecule has 2 N–H and O–H groups in total. The summed E-state index contributed by atoms with van der Waals surface area (Å²) in [6.07, 6.45) is 2.10. The third kappa shape index (κ3) is 7.86. The van der Waals surface area contributed by atoms with Crippen LogP contribution in [-0.2, 0) is 16.1 Å². The van der Waals surface area contributed by atoms with Gasteiger partial charge in [0.2, 0.25) is 5.91 Å².